The van der Waals surface area contributed by atoms with Crippen LogP contribution in [0.4, 0.5) is 0 Å². The maximum Gasteiger partial charge on any atom is 0.329 e. The van der Waals surface area contributed by atoms with Gasteiger partial charge in [-0.25, -0.2) is 0 Å². The number of carbonyl (C=O) groups is 1. The molecule has 1 atom stereocenters. The Hall–Kier alpha value is -1.82. The summed E-state index contributed by atoms with van der Waals surface area (Å²) in [4.78, 5) is 11.1. The van der Waals surface area contributed by atoms with Gasteiger partial charge >= 0.3 is 5.97 Å². The van der Waals surface area contributed by atoms with Crippen LogP contribution in [0.25, 0.3) is 0 Å². The van der Waals surface area contributed by atoms with E-state index in [1.807, 2.05) is 18.2 Å². The Bertz CT molecular complexity index is 392. The first-order valence-electron chi connectivity index (χ1n) is 4.00. The third-order valence-electron chi connectivity index (χ3n) is 2.05. The number of ether oxygens (including phenoxy) is 1. The first kappa shape index (κ1) is 7.81. The van der Waals surface area contributed by atoms with Crippen LogP contribution in [-0.2, 0) is 11.2 Å². The first-order chi connectivity index (χ1) is 6.31. The number of para-hydroxylation sites is 1. The summed E-state index contributed by atoms with van der Waals surface area (Å²) in [5, 5.41) is 8.64. The van der Waals surface area contributed by atoms with Crippen molar-refractivity contribution in [2.75, 3.05) is 0 Å². The molecule has 2 rings (SSSR count). The van der Waals surface area contributed by atoms with E-state index in [1.54, 1.807) is 12.1 Å². The summed E-state index contributed by atoms with van der Waals surface area (Å²) in [6.07, 6.45) is 0.464. The van der Waals surface area contributed by atoms with Gasteiger partial charge in [-0.15, -0.1) is 0 Å². The lowest BCUT2D eigenvalue weighted by Gasteiger charge is -2.18. The van der Waals surface area contributed by atoms with Crippen LogP contribution >= 0.6 is 0 Å². The van der Waals surface area contributed by atoms with Gasteiger partial charge in [0.25, 0.3) is 0 Å². The number of fused-ring (bicyclic) bond motifs is 1. The van der Waals surface area contributed by atoms with Crippen molar-refractivity contribution in [3.63, 3.8) is 0 Å². The maximum absolute atomic E-state index is 11.1. The molecular formula is C10H7NO2. The van der Waals surface area contributed by atoms with Gasteiger partial charge in [0.2, 0.25) is 0 Å². The van der Waals surface area contributed by atoms with E-state index >= 15 is 0 Å². The molecule has 13 heavy (non-hydrogen) atoms. The highest BCUT2D eigenvalue weighted by molar-refractivity contribution is 5.80. The van der Waals surface area contributed by atoms with Crippen molar-refractivity contribution >= 4 is 5.97 Å². The average molecular weight is 173 g/mol. The normalized spacial score (nSPS) is 19.9. The van der Waals surface area contributed by atoms with E-state index in [0.717, 1.165) is 5.56 Å². The van der Waals surface area contributed by atoms with Gasteiger partial charge in [0.05, 0.1) is 6.07 Å². The third-order valence-corrected chi connectivity index (χ3v) is 2.05. The second kappa shape index (κ2) is 2.91. The predicted octanol–water partition coefficient (Wildman–Crippen LogP) is 1.29. The number of nitriles is 1. The summed E-state index contributed by atoms with van der Waals surface area (Å²) in [6.45, 7) is 0. The van der Waals surface area contributed by atoms with Crippen molar-refractivity contribution in [1.82, 2.24) is 0 Å². The number of nitrogens with zero attached hydrogens (tertiary/aromatic N) is 1. The molecule has 0 saturated heterocycles. The minimum absolute atomic E-state index is 0.443. The van der Waals surface area contributed by atoms with E-state index in [-0.39, 0.29) is 0 Å². The van der Waals surface area contributed by atoms with Crippen molar-refractivity contribution in [3.8, 4) is 11.8 Å². The summed E-state index contributed by atoms with van der Waals surface area (Å²) in [6, 6.07) is 9.20. The molecule has 0 aliphatic carbocycles. The van der Waals surface area contributed by atoms with Gasteiger partial charge in [-0.05, 0) is 11.6 Å². The molecule has 1 aromatic carbocycles. The first-order valence-corrected chi connectivity index (χ1v) is 4.00. The van der Waals surface area contributed by atoms with Gasteiger partial charge in [0.1, 0.15) is 11.7 Å². The van der Waals surface area contributed by atoms with E-state index < -0.39 is 11.9 Å². The van der Waals surface area contributed by atoms with Gasteiger partial charge in [-0.1, -0.05) is 18.2 Å². The van der Waals surface area contributed by atoms with Gasteiger partial charge in [-0.3, -0.25) is 4.79 Å². The Kier molecular flexibility index (Phi) is 1.75. The quantitative estimate of drug-likeness (QED) is 0.438. The van der Waals surface area contributed by atoms with Crippen LogP contribution in [0.2, 0.25) is 0 Å². The number of carbonyl (C=O) groups excluding carboxylic acids is 1. The van der Waals surface area contributed by atoms with Crippen LogP contribution < -0.4 is 4.74 Å². The van der Waals surface area contributed by atoms with E-state index in [0.29, 0.717) is 12.2 Å². The molecule has 64 valence electrons. The predicted molar refractivity (Wildman–Crippen MR) is 44.9 cm³/mol. The Labute approximate surface area is 75.6 Å². The highest BCUT2D eigenvalue weighted by Gasteiger charge is 2.27. The highest BCUT2D eigenvalue weighted by Crippen LogP contribution is 2.26. The lowest BCUT2D eigenvalue weighted by atomic mass is 9.97. The SMILES string of the molecule is N#CC1Cc2ccccc2OC1=O. The number of rotatable bonds is 0. The van der Waals surface area contributed by atoms with Crippen LogP contribution in [0.1, 0.15) is 5.56 Å². The smallest absolute Gasteiger partial charge is 0.329 e. The molecular weight excluding hydrogens is 166 g/mol. The van der Waals surface area contributed by atoms with Crippen LogP contribution in [0.5, 0.6) is 5.75 Å². The molecule has 0 amide bonds. The Morgan fingerprint density at radius 1 is 1.46 bits per heavy atom. The van der Waals surface area contributed by atoms with E-state index in [9.17, 15) is 4.79 Å². The highest BCUT2D eigenvalue weighted by atomic mass is 16.5. The van der Waals surface area contributed by atoms with Crippen molar-refractivity contribution in [2.45, 2.75) is 6.42 Å². The molecule has 0 aromatic heterocycles. The minimum Gasteiger partial charge on any atom is -0.425 e. The minimum atomic E-state index is -0.644. The number of benzene rings is 1. The largest absolute Gasteiger partial charge is 0.425 e. The fourth-order valence-electron chi connectivity index (χ4n) is 1.35. The molecule has 0 N–H and O–H groups in total. The van der Waals surface area contributed by atoms with Crippen LogP contribution in [0.3, 0.4) is 0 Å². The summed E-state index contributed by atoms with van der Waals surface area (Å²) in [5.74, 6) is -0.505. The standard InChI is InChI=1S/C10H7NO2/c11-6-8-5-7-3-1-2-4-9(7)13-10(8)12/h1-4,8H,5H2. The van der Waals surface area contributed by atoms with E-state index in [2.05, 4.69) is 0 Å². The maximum atomic E-state index is 11.1. The van der Waals surface area contributed by atoms with Crippen molar-refractivity contribution < 1.29 is 9.53 Å². The molecule has 1 aliphatic heterocycles. The lowest BCUT2D eigenvalue weighted by molar-refractivity contribution is -0.138. The molecule has 3 heteroatoms. The monoisotopic (exact) mass is 173 g/mol. The second-order valence-electron chi connectivity index (χ2n) is 2.91. The molecule has 3 nitrogen and oxygen atoms in total. The summed E-state index contributed by atoms with van der Waals surface area (Å²) < 4.78 is 4.97. The van der Waals surface area contributed by atoms with Crippen LogP contribution in [-0.4, -0.2) is 5.97 Å². The number of esters is 1. The van der Waals surface area contributed by atoms with Crippen LogP contribution in [0.15, 0.2) is 24.3 Å². The third kappa shape index (κ3) is 1.27. The lowest BCUT2D eigenvalue weighted by Crippen LogP contribution is -2.26. The second-order valence-corrected chi connectivity index (χ2v) is 2.91. The van der Waals surface area contributed by atoms with Gasteiger partial charge in [0, 0.05) is 6.42 Å². The molecule has 1 heterocycles. The molecule has 0 saturated carbocycles. The van der Waals surface area contributed by atoms with Gasteiger partial charge in [0.15, 0.2) is 0 Å². The Morgan fingerprint density at radius 2 is 2.23 bits per heavy atom. The van der Waals surface area contributed by atoms with E-state index in [1.165, 1.54) is 0 Å². The topological polar surface area (TPSA) is 50.1 Å². The van der Waals surface area contributed by atoms with Gasteiger partial charge in [-0.2, -0.15) is 5.26 Å². The Balaban J connectivity index is 2.39. The van der Waals surface area contributed by atoms with Crippen LogP contribution in [0, 0.1) is 17.2 Å². The van der Waals surface area contributed by atoms with Crippen molar-refractivity contribution in [1.29, 1.82) is 5.26 Å². The molecule has 1 aliphatic rings. The number of hydrogen-bond acceptors (Lipinski definition) is 3. The molecule has 1 unspecified atom stereocenters. The molecule has 0 radical (unpaired) electrons. The zero-order chi connectivity index (χ0) is 9.26. The fourth-order valence-corrected chi connectivity index (χ4v) is 1.35. The van der Waals surface area contributed by atoms with Crippen molar-refractivity contribution in [2.24, 2.45) is 5.92 Å². The number of hydrogen-bond donors (Lipinski definition) is 0. The Morgan fingerprint density at radius 3 is 3.00 bits per heavy atom. The zero-order valence-corrected chi connectivity index (χ0v) is 6.86. The van der Waals surface area contributed by atoms with Crippen molar-refractivity contribution in [3.05, 3.63) is 29.8 Å². The fraction of sp³-hybridized carbons (Fsp3) is 0.200. The average Bonchev–Trinajstić information content (AvgIpc) is 2.17. The zero-order valence-electron chi connectivity index (χ0n) is 6.86. The molecule has 0 fully saturated rings. The summed E-state index contributed by atoms with van der Waals surface area (Å²) >= 11 is 0. The summed E-state index contributed by atoms with van der Waals surface area (Å²) in [7, 11) is 0. The molecule has 1 aromatic rings. The molecule has 0 bridgehead atoms. The summed E-state index contributed by atoms with van der Waals surface area (Å²) in [5.41, 5.74) is 0.925. The van der Waals surface area contributed by atoms with E-state index in [4.69, 9.17) is 10.00 Å². The van der Waals surface area contributed by atoms with Gasteiger partial charge < -0.3 is 4.74 Å². The molecule has 0 spiro atoms.